The first kappa shape index (κ1) is 30.1. The average molecular weight is 815 g/mol. The molecule has 1 aliphatic heterocycles. The van der Waals surface area contributed by atoms with Gasteiger partial charge in [0.1, 0.15) is 5.82 Å². The Hall–Kier alpha value is -5.29. The molecule has 0 N–H and O–H groups in total. The number of pyridine rings is 2. The van der Waals surface area contributed by atoms with Gasteiger partial charge in [-0.05, 0) is 47.2 Å². The third kappa shape index (κ3) is 4.96. The summed E-state index contributed by atoms with van der Waals surface area (Å²) in [5, 5.41) is 6.16. The molecule has 7 heteroatoms. The molecule has 0 unspecified atom stereocenters. The van der Waals surface area contributed by atoms with Crippen molar-refractivity contribution in [3.63, 3.8) is 0 Å². The molecule has 4 heterocycles. The van der Waals surface area contributed by atoms with Crippen LogP contribution in [-0.2, 0) is 21.1 Å². The summed E-state index contributed by atoms with van der Waals surface area (Å²) in [5.74, 6) is 1.69. The molecule has 5 aromatic carbocycles. The molecular weight excluding hydrogens is 786 g/mol. The predicted molar refractivity (Wildman–Crippen MR) is 196 cm³/mol. The molecule has 1 aliphatic rings. The van der Waals surface area contributed by atoms with E-state index in [0.717, 1.165) is 61.8 Å². The third-order valence-corrected chi connectivity index (χ3v) is 11.8. The summed E-state index contributed by atoms with van der Waals surface area (Å²) in [7, 11) is 0.771. The van der Waals surface area contributed by atoms with Crippen LogP contribution in [0.25, 0.3) is 33.1 Å². The molecule has 5 nitrogen and oxygen atoms in total. The number of para-hydroxylation sites is 3. The van der Waals surface area contributed by atoms with Crippen molar-refractivity contribution < 1.29 is 21.1 Å². The smallest absolute Gasteiger partial charge is 0.163 e. The van der Waals surface area contributed by atoms with Gasteiger partial charge in [-0.2, -0.15) is 5.39 Å². The van der Waals surface area contributed by atoms with E-state index in [1.54, 1.807) is 0 Å². The first-order valence-electron chi connectivity index (χ1n) is 15.8. The van der Waals surface area contributed by atoms with E-state index in [9.17, 15) is 0 Å². The Morgan fingerprint density at radius 1 is 0.625 bits per heavy atom. The second-order valence-corrected chi connectivity index (χ2v) is 14.2. The fraction of sp³-hybridized carbons (Fsp3) is 0.0244. The van der Waals surface area contributed by atoms with Crippen LogP contribution >= 0.6 is 0 Å². The van der Waals surface area contributed by atoms with Crippen LogP contribution in [-0.4, -0.2) is 30.8 Å². The number of fused-ring (bicyclic) bond motifs is 4. The number of rotatable bonds is 5. The molecule has 0 aliphatic carbocycles. The number of hydrogen-bond acceptors (Lipinski definition) is 5. The van der Waals surface area contributed by atoms with E-state index < -0.39 is 8.80 Å². The van der Waals surface area contributed by atoms with Gasteiger partial charge in [0.15, 0.2) is 14.6 Å². The molecule has 3 aromatic heterocycles. The Morgan fingerprint density at radius 2 is 1.31 bits per heavy atom. The minimum absolute atomic E-state index is 0. The van der Waals surface area contributed by atoms with Crippen molar-refractivity contribution in [1.82, 2.24) is 15.0 Å². The zero-order valence-corrected chi connectivity index (χ0v) is 29.3. The Labute approximate surface area is 295 Å². The Kier molecular flexibility index (Phi) is 7.76. The van der Waals surface area contributed by atoms with Crippen molar-refractivity contribution >= 4 is 74.9 Å². The first-order valence-corrected chi connectivity index (χ1v) is 17.3. The van der Waals surface area contributed by atoms with Gasteiger partial charge in [-0.1, -0.05) is 125 Å². The summed E-state index contributed by atoms with van der Waals surface area (Å²) >= 11 is 0. The van der Waals surface area contributed by atoms with Crippen LogP contribution in [0.4, 0.5) is 28.7 Å². The number of aromatic nitrogens is 3. The quantitative estimate of drug-likeness (QED) is 0.102. The van der Waals surface area contributed by atoms with E-state index in [4.69, 9.17) is 9.97 Å². The van der Waals surface area contributed by atoms with Crippen LogP contribution in [0.1, 0.15) is 0 Å². The van der Waals surface area contributed by atoms with Crippen molar-refractivity contribution in [2.24, 2.45) is 0 Å². The second-order valence-electron chi connectivity index (χ2n) is 11.8. The third-order valence-electron chi connectivity index (χ3n) is 9.04. The maximum Gasteiger partial charge on any atom is 0.163 e. The van der Waals surface area contributed by atoms with Crippen LogP contribution in [0.3, 0.4) is 0 Å². The average Bonchev–Trinajstić information content (AvgIpc) is 3.62. The fourth-order valence-corrected chi connectivity index (χ4v) is 9.55. The number of anilines is 5. The molecule has 0 fully saturated rings. The maximum absolute atomic E-state index is 5.60. The molecule has 0 atom stereocenters. The fourth-order valence-electron chi connectivity index (χ4n) is 6.84. The van der Waals surface area contributed by atoms with Gasteiger partial charge in [-0.3, -0.25) is 4.90 Å². The minimum Gasteiger partial charge on any atom is -0.340 e. The summed E-state index contributed by atoms with van der Waals surface area (Å²) in [6.07, 6.45) is 1.86. The first-order chi connectivity index (χ1) is 23.2. The number of benzene rings is 5. The van der Waals surface area contributed by atoms with Crippen LogP contribution in [0.5, 0.6) is 0 Å². The topological polar surface area (TPSA) is 45.2 Å². The summed E-state index contributed by atoms with van der Waals surface area (Å²) in [6, 6.07) is 53.7. The van der Waals surface area contributed by atoms with E-state index in [0.29, 0.717) is 0 Å². The van der Waals surface area contributed by atoms with Crippen LogP contribution in [0.2, 0.25) is 0 Å². The monoisotopic (exact) mass is 814 g/mol. The minimum atomic E-state index is -1.36. The molecule has 1 radical (unpaired) electrons. The van der Waals surface area contributed by atoms with Gasteiger partial charge in [-0.15, -0.1) is 12.1 Å². The van der Waals surface area contributed by atoms with E-state index in [1.807, 2.05) is 18.3 Å². The van der Waals surface area contributed by atoms with E-state index in [2.05, 4.69) is 161 Å². The number of hydrogen-bond donors (Lipinski definition) is 0. The molecule has 9 rings (SSSR count). The molecule has 233 valence electrons. The Bertz CT molecular complexity index is 2370. The molecule has 48 heavy (non-hydrogen) atoms. The van der Waals surface area contributed by atoms with Crippen molar-refractivity contribution in [2.45, 2.75) is 0 Å². The predicted octanol–water partition coefficient (Wildman–Crippen LogP) is 7.63. The van der Waals surface area contributed by atoms with E-state index >= 15 is 0 Å². The Balaban J connectivity index is 0.00000336. The van der Waals surface area contributed by atoms with Gasteiger partial charge in [0.05, 0.1) is 22.6 Å². The van der Waals surface area contributed by atoms with Crippen molar-refractivity contribution in [3.8, 4) is 11.3 Å². The van der Waals surface area contributed by atoms with Gasteiger partial charge in [-0.25, -0.2) is 9.97 Å². The van der Waals surface area contributed by atoms with Gasteiger partial charge < -0.3 is 9.88 Å². The normalized spacial score (nSPS) is 12.2. The van der Waals surface area contributed by atoms with Crippen molar-refractivity contribution in [1.29, 1.82) is 0 Å². The van der Waals surface area contributed by atoms with Crippen LogP contribution in [0.15, 0.2) is 158 Å². The van der Waals surface area contributed by atoms with Crippen LogP contribution in [0, 0.1) is 0 Å². The summed E-state index contributed by atoms with van der Waals surface area (Å²) in [4.78, 5) is 19.9. The van der Waals surface area contributed by atoms with Gasteiger partial charge in [0, 0.05) is 39.2 Å². The summed E-state index contributed by atoms with van der Waals surface area (Å²) in [5.41, 5.74) is 7.15. The van der Waals surface area contributed by atoms with Crippen molar-refractivity contribution in [2.75, 3.05) is 16.8 Å². The SMILES string of the molecule is CN1c2ccccc2N(c2cccc(-c3cccc4nc[cH-]c34)n2)c2nc3c([Si](c4ccccc4)c4ccccc4)cccc3cc21.[Pt]. The zero-order valence-electron chi connectivity index (χ0n) is 26.1. The van der Waals surface area contributed by atoms with Gasteiger partial charge >= 0.3 is 0 Å². The van der Waals surface area contributed by atoms with E-state index in [-0.39, 0.29) is 21.1 Å². The summed E-state index contributed by atoms with van der Waals surface area (Å²) < 4.78 is 0. The Morgan fingerprint density at radius 3 is 2.08 bits per heavy atom. The maximum atomic E-state index is 5.60. The molecule has 0 spiro atoms. The molecule has 8 aromatic rings. The standard InChI is InChI=1S/C41H29N5Si.Pt/c1-45-35-21-8-9-22-36(35)46(39-24-12-20-34(43-39)31-18-11-19-33-32(31)25-26-42-33)41-37(45)27-28-13-10-23-38(40(28)44-41)47(29-14-4-2-5-15-29)30-16-6-3-7-17-30;/h2-27H,1H3;/q-1;. The largest absolute Gasteiger partial charge is 0.340 e. The van der Waals surface area contributed by atoms with E-state index in [1.165, 1.54) is 15.6 Å². The molecule has 0 saturated carbocycles. The van der Waals surface area contributed by atoms with Crippen molar-refractivity contribution in [3.05, 3.63) is 158 Å². The molecule has 0 amide bonds. The molecular formula is C41H29N5PtSi-. The second kappa shape index (κ2) is 12.4. The zero-order chi connectivity index (χ0) is 31.3. The molecule has 0 bridgehead atoms. The molecule has 0 saturated heterocycles. The van der Waals surface area contributed by atoms with Crippen LogP contribution < -0.4 is 25.4 Å². The van der Waals surface area contributed by atoms with Gasteiger partial charge in [0.25, 0.3) is 0 Å². The van der Waals surface area contributed by atoms with Gasteiger partial charge in [0.2, 0.25) is 0 Å². The number of nitrogens with zero attached hydrogens (tertiary/aromatic N) is 5. The summed E-state index contributed by atoms with van der Waals surface area (Å²) in [6.45, 7) is 0.